The van der Waals surface area contributed by atoms with Crippen molar-refractivity contribution >= 4 is 5.82 Å². The predicted octanol–water partition coefficient (Wildman–Crippen LogP) is 1.68. The van der Waals surface area contributed by atoms with Gasteiger partial charge in [0.05, 0.1) is 18.1 Å². The van der Waals surface area contributed by atoms with Crippen molar-refractivity contribution < 1.29 is 0 Å². The van der Waals surface area contributed by atoms with Crippen molar-refractivity contribution in [2.45, 2.75) is 32.7 Å². The third-order valence-corrected chi connectivity index (χ3v) is 3.22. The predicted molar refractivity (Wildman–Crippen MR) is 64.7 cm³/mol. The highest BCUT2D eigenvalue weighted by Gasteiger charge is 2.14. The minimum atomic E-state index is 0.494. The van der Waals surface area contributed by atoms with E-state index in [0.717, 1.165) is 18.2 Å². The lowest BCUT2D eigenvalue weighted by atomic mass is 10.0. The molecule has 0 amide bonds. The Labute approximate surface area is 96.9 Å². The van der Waals surface area contributed by atoms with Crippen LogP contribution in [0.1, 0.15) is 31.9 Å². The highest BCUT2D eigenvalue weighted by atomic mass is 15.1. The quantitative estimate of drug-likeness (QED) is 0.824. The molecule has 0 spiro atoms. The molecule has 2 N–H and O–H groups in total. The van der Waals surface area contributed by atoms with Crippen molar-refractivity contribution in [2.75, 3.05) is 18.8 Å². The molecule has 4 nitrogen and oxygen atoms in total. The van der Waals surface area contributed by atoms with Crippen molar-refractivity contribution in [1.29, 1.82) is 0 Å². The molecule has 1 fully saturated rings. The summed E-state index contributed by atoms with van der Waals surface area (Å²) in [5.41, 5.74) is 6.53. The van der Waals surface area contributed by atoms with Gasteiger partial charge in [0.2, 0.25) is 0 Å². The highest BCUT2D eigenvalue weighted by molar-refractivity contribution is 5.22. The fourth-order valence-corrected chi connectivity index (χ4v) is 2.16. The molecule has 1 aromatic rings. The molecule has 1 aliphatic rings. The average molecular weight is 220 g/mol. The van der Waals surface area contributed by atoms with Crippen LogP contribution in [0.25, 0.3) is 0 Å². The van der Waals surface area contributed by atoms with E-state index in [-0.39, 0.29) is 0 Å². The number of aromatic nitrogens is 2. The third-order valence-electron chi connectivity index (χ3n) is 3.22. The summed E-state index contributed by atoms with van der Waals surface area (Å²) in [7, 11) is 0. The Hall–Kier alpha value is -1.16. The molecule has 0 aliphatic carbocycles. The molecular formula is C12H20N4. The molecule has 0 aromatic carbocycles. The lowest BCUT2D eigenvalue weighted by Gasteiger charge is -2.19. The maximum absolute atomic E-state index is 5.52. The Morgan fingerprint density at radius 2 is 2.19 bits per heavy atom. The highest BCUT2D eigenvalue weighted by Crippen LogP contribution is 2.17. The van der Waals surface area contributed by atoms with E-state index in [4.69, 9.17) is 5.73 Å². The van der Waals surface area contributed by atoms with E-state index in [1.165, 1.54) is 32.4 Å². The van der Waals surface area contributed by atoms with Gasteiger partial charge < -0.3 is 5.73 Å². The number of anilines is 1. The second-order valence-corrected chi connectivity index (χ2v) is 4.74. The molecule has 2 heterocycles. The van der Waals surface area contributed by atoms with E-state index in [9.17, 15) is 0 Å². The number of nitrogen functional groups attached to an aromatic ring is 1. The number of nitrogens with zero attached hydrogens (tertiary/aromatic N) is 3. The molecule has 4 heteroatoms. The maximum atomic E-state index is 5.52. The molecule has 0 radical (unpaired) electrons. The van der Waals surface area contributed by atoms with E-state index in [2.05, 4.69) is 21.8 Å². The van der Waals surface area contributed by atoms with Gasteiger partial charge in [-0.05, 0) is 38.3 Å². The van der Waals surface area contributed by atoms with Crippen LogP contribution in [0.3, 0.4) is 0 Å². The van der Waals surface area contributed by atoms with Crippen molar-refractivity contribution in [2.24, 2.45) is 5.92 Å². The number of hydrogen-bond donors (Lipinski definition) is 1. The Morgan fingerprint density at radius 1 is 1.31 bits per heavy atom. The maximum Gasteiger partial charge on any atom is 0.141 e. The first-order valence-corrected chi connectivity index (χ1v) is 6.03. The van der Waals surface area contributed by atoms with E-state index < -0.39 is 0 Å². The topological polar surface area (TPSA) is 55.0 Å². The fourth-order valence-electron chi connectivity index (χ4n) is 2.16. The van der Waals surface area contributed by atoms with Crippen LogP contribution in [0.4, 0.5) is 5.82 Å². The van der Waals surface area contributed by atoms with Crippen molar-refractivity contribution in [1.82, 2.24) is 14.9 Å². The van der Waals surface area contributed by atoms with Crippen molar-refractivity contribution in [3.8, 4) is 0 Å². The van der Waals surface area contributed by atoms with Gasteiger partial charge in [0.15, 0.2) is 0 Å². The van der Waals surface area contributed by atoms with Crippen molar-refractivity contribution in [3.05, 3.63) is 18.1 Å². The van der Waals surface area contributed by atoms with Crippen LogP contribution in [0.5, 0.6) is 0 Å². The number of hydrogen-bond acceptors (Lipinski definition) is 4. The molecule has 1 atom stereocenters. The van der Waals surface area contributed by atoms with Crippen molar-refractivity contribution in [3.63, 3.8) is 0 Å². The van der Waals surface area contributed by atoms with Gasteiger partial charge in [-0.2, -0.15) is 0 Å². The largest absolute Gasteiger partial charge is 0.382 e. The Bertz CT molecular complexity index is 322. The molecule has 0 bridgehead atoms. The average Bonchev–Trinajstić information content (AvgIpc) is 2.47. The molecule has 1 saturated heterocycles. The molecule has 1 aromatic heterocycles. The first kappa shape index (κ1) is 11.3. The summed E-state index contributed by atoms with van der Waals surface area (Å²) in [5, 5.41) is 0. The monoisotopic (exact) mass is 220 g/mol. The van der Waals surface area contributed by atoms with E-state index >= 15 is 0 Å². The van der Waals surface area contributed by atoms with Gasteiger partial charge in [-0.1, -0.05) is 6.92 Å². The molecule has 88 valence electrons. The van der Waals surface area contributed by atoms with E-state index in [0.29, 0.717) is 5.82 Å². The van der Waals surface area contributed by atoms with Crippen LogP contribution >= 0.6 is 0 Å². The van der Waals surface area contributed by atoms with Gasteiger partial charge in [-0.15, -0.1) is 0 Å². The minimum absolute atomic E-state index is 0.494. The van der Waals surface area contributed by atoms with Crippen LogP contribution in [0.2, 0.25) is 0 Å². The summed E-state index contributed by atoms with van der Waals surface area (Å²) in [5.74, 6) is 1.36. The van der Waals surface area contributed by atoms with Crippen LogP contribution in [0.15, 0.2) is 12.4 Å². The summed E-state index contributed by atoms with van der Waals surface area (Å²) < 4.78 is 0. The first-order valence-electron chi connectivity index (χ1n) is 6.03. The van der Waals surface area contributed by atoms with Crippen LogP contribution < -0.4 is 5.73 Å². The van der Waals surface area contributed by atoms with Gasteiger partial charge in [-0.25, -0.2) is 4.98 Å². The number of likely N-dealkylation sites (tertiary alicyclic amines) is 1. The summed E-state index contributed by atoms with van der Waals surface area (Å²) in [6.07, 6.45) is 7.36. The molecule has 1 unspecified atom stereocenters. The first-order chi connectivity index (χ1) is 7.74. The summed E-state index contributed by atoms with van der Waals surface area (Å²) in [6, 6.07) is 0. The minimum Gasteiger partial charge on any atom is -0.382 e. The molecule has 0 saturated carbocycles. The van der Waals surface area contributed by atoms with Gasteiger partial charge in [-0.3, -0.25) is 9.88 Å². The van der Waals surface area contributed by atoms with E-state index in [1.54, 1.807) is 12.4 Å². The Kier molecular flexibility index (Phi) is 3.72. The SMILES string of the molecule is CC1CCCN(Cc2cnc(N)cn2)CC1. The van der Waals surface area contributed by atoms with E-state index in [1.807, 2.05) is 0 Å². The third kappa shape index (κ3) is 3.17. The second-order valence-electron chi connectivity index (χ2n) is 4.74. The van der Waals surface area contributed by atoms with Gasteiger partial charge in [0, 0.05) is 6.54 Å². The zero-order valence-electron chi connectivity index (χ0n) is 9.89. The fraction of sp³-hybridized carbons (Fsp3) is 0.667. The van der Waals surface area contributed by atoms with Crippen LogP contribution in [-0.2, 0) is 6.54 Å². The molecule has 16 heavy (non-hydrogen) atoms. The van der Waals surface area contributed by atoms with Gasteiger partial charge in [0.25, 0.3) is 0 Å². The summed E-state index contributed by atoms with van der Waals surface area (Å²) in [6.45, 7) is 5.59. The summed E-state index contributed by atoms with van der Waals surface area (Å²) in [4.78, 5) is 10.8. The molecule has 1 aliphatic heterocycles. The Balaban J connectivity index is 1.91. The Morgan fingerprint density at radius 3 is 2.94 bits per heavy atom. The standard InChI is InChI=1S/C12H20N4/c1-10-3-2-5-16(6-4-10)9-11-7-15-12(13)8-14-11/h7-8,10H,2-6,9H2,1H3,(H2,13,15). The number of nitrogens with two attached hydrogens (primary N) is 1. The summed E-state index contributed by atoms with van der Waals surface area (Å²) >= 11 is 0. The second kappa shape index (κ2) is 5.25. The lowest BCUT2D eigenvalue weighted by Crippen LogP contribution is -2.24. The van der Waals surface area contributed by atoms with Crippen LogP contribution in [0, 0.1) is 5.92 Å². The van der Waals surface area contributed by atoms with Gasteiger partial charge in [0.1, 0.15) is 5.82 Å². The smallest absolute Gasteiger partial charge is 0.141 e. The lowest BCUT2D eigenvalue weighted by molar-refractivity contribution is 0.270. The van der Waals surface area contributed by atoms with Gasteiger partial charge >= 0.3 is 0 Å². The number of rotatable bonds is 2. The van der Waals surface area contributed by atoms with Crippen LogP contribution in [-0.4, -0.2) is 28.0 Å². The zero-order valence-corrected chi connectivity index (χ0v) is 9.89. The molecular weight excluding hydrogens is 200 g/mol. The zero-order chi connectivity index (χ0) is 11.4. The molecule has 2 rings (SSSR count). The normalized spacial score (nSPS) is 22.9.